The smallest absolute Gasteiger partial charge is 0.258 e. The molecule has 4 rings (SSSR count). The predicted molar refractivity (Wildman–Crippen MR) is 126 cm³/mol. The fourth-order valence-electron chi connectivity index (χ4n) is 3.97. The minimum Gasteiger partial charge on any atom is -0.493 e. The number of carbonyl (C=O) groups excluding carboxylic acids is 2. The fourth-order valence-corrected chi connectivity index (χ4v) is 5.64. The van der Waals surface area contributed by atoms with Crippen molar-refractivity contribution in [3.05, 3.63) is 47.7 Å². The number of sulfone groups is 1. The molecule has 2 aromatic carbocycles. The van der Waals surface area contributed by atoms with Gasteiger partial charge in [-0.25, -0.2) is 8.42 Å². The molecule has 1 N–H and O–H groups in total. The van der Waals surface area contributed by atoms with E-state index in [2.05, 4.69) is 5.32 Å². The maximum absolute atomic E-state index is 13.3. The molecule has 0 bridgehead atoms. The Morgan fingerprint density at radius 1 is 1.06 bits per heavy atom. The summed E-state index contributed by atoms with van der Waals surface area (Å²) in [6.45, 7) is -0.296. The molecule has 1 aromatic heterocycles. The molecule has 1 saturated heterocycles. The number of ether oxygens (including phenoxy) is 4. The SMILES string of the molecule is COc1cc(C(=O)c2coc3ccc(OCC(=O)N[C@@H]4CCS(=O)(=O)C4)cc23)cc(OC)c1OC. The maximum atomic E-state index is 13.3. The second-order valence-electron chi connectivity index (χ2n) is 8.01. The third kappa shape index (κ3) is 5.19. The van der Waals surface area contributed by atoms with Crippen LogP contribution in [0.15, 0.2) is 41.0 Å². The standard InChI is InChI=1S/C24H25NO9S/c1-30-20-8-14(9-21(31-2)24(20)32-3)23(27)18-11-34-19-5-4-16(10-17(18)19)33-12-22(26)25-15-6-7-35(28,29)13-15/h4-5,8-11,15H,6-7,12-13H2,1-3H3,(H,25,26)/t15-/m1/s1. The number of rotatable bonds is 9. The van der Waals surface area contributed by atoms with E-state index in [1.54, 1.807) is 30.3 Å². The van der Waals surface area contributed by atoms with Crippen molar-refractivity contribution < 1.29 is 41.4 Å². The summed E-state index contributed by atoms with van der Waals surface area (Å²) in [7, 11) is 1.30. The quantitative estimate of drug-likeness (QED) is 0.437. The third-order valence-electron chi connectivity index (χ3n) is 5.68. The second kappa shape index (κ2) is 9.87. The summed E-state index contributed by atoms with van der Waals surface area (Å²) in [5, 5.41) is 3.17. The molecule has 0 unspecified atom stereocenters. The highest BCUT2D eigenvalue weighted by Crippen LogP contribution is 2.39. The second-order valence-corrected chi connectivity index (χ2v) is 10.2. The molecule has 1 amide bonds. The number of hydrogen-bond acceptors (Lipinski definition) is 9. The monoisotopic (exact) mass is 503 g/mol. The van der Waals surface area contributed by atoms with Gasteiger partial charge in [-0.1, -0.05) is 0 Å². The first kappa shape index (κ1) is 24.4. The van der Waals surface area contributed by atoms with E-state index in [1.165, 1.54) is 27.6 Å². The van der Waals surface area contributed by atoms with Gasteiger partial charge < -0.3 is 28.7 Å². The Bertz CT molecular complexity index is 1350. The van der Waals surface area contributed by atoms with Gasteiger partial charge in [0.2, 0.25) is 5.75 Å². The van der Waals surface area contributed by atoms with Gasteiger partial charge in [0.05, 0.1) is 38.4 Å². The molecule has 0 spiro atoms. The van der Waals surface area contributed by atoms with Crippen LogP contribution in [0.1, 0.15) is 22.3 Å². The van der Waals surface area contributed by atoms with E-state index in [1.807, 2.05) is 0 Å². The average Bonchev–Trinajstić information content (AvgIpc) is 3.42. The summed E-state index contributed by atoms with van der Waals surface area (Å²) in [4.78, 5) is 25.5. The van der Waals surface area contributed by atoms with Gasteiger partial charge in [0.15, 0.2) is 33.7 Å². The Kier molecular flexibility index (Phi) is 6.88. The van der Waals surface area contributed by atoms with Crippen LogP contribution in [-0.4, -0.2) is 65.6 Å². The van der Waals surface area contributed by atoms with E-state index >= 15 is 0 Å². The Balaban J connectivity index is 1.52. The molecule has 10 nitrogen and oxygen atoms in total. The molecular formula is C24H25NO9S. The number of hydrogen-bond donors (Lipinski definition) is 1. The molecule has 35 heavy (non-hydrogen) atoms. The lowest BCUT2D eigenvalue weighted by Gasteiger charge is -2.13. The zero-order valence-electron chi connectivity index (χ0n) is 19.5. The van der Waals surface area contributed by atoms with Gasteiger partial charge in [-0.15, -0.1) is 0 Å². The van der Waals surface area contributed by atoms with E-state index in [4.69, 9.17) is 23.4 Å². The minimum absolute atomic E-state index is 0.0634. The first-order valence-electron chi connectivity index (χ1n) is 10.7. The van der Waals surface area contributed by atoms with Gasteiger partial charge in [0.1, 0.15) is 17.6 Å². The van der Waals surface area contributed by atoms with Crippen molar-refractivity contribution in [3.63, 3.8) is 0 Å². The van der Waals surface area contributed by atoms with Crippen LogP contribution in [-0.2, 0) is 14.6 Å². The zero-order valence-corrected chi connectivity index (χ0v) is 20.3. The zero-order chi connectivity index (χ0) is 25.2. The van der Waals surface area contributed by atoms with Crippen LogP contribution in [0.5, 0.6) is 23.0 Å². The molecule has 1 fully saturated rings. The molecule has 0 saturated carbocycles. The maximum Gasteiger partial charge on any atom is 0.258 e. The topological polar surface area (TPSA) is 130 Å². The lowest BCUT2D eigenvalue weighted by molar-refractivity contribution is -0.123. The number of methoxy groups -OCH3 is 3. The first-order chi connectivity index (χ1) is 16.7. The van der Waals surface area contributed by atoms with Gasteiger partial charge >= 0.3 is 0 Å². The molecule has 1 aliphatic rings. The van der Waals surface area contributed by atoms with E-state index in [9.17, 15) is 18.0 Å². The molecular weight excluding hydrogens is 478 g/mol. The van der Waals surface area contributed by atoms with E-state index in [-0.39, 0.29) is 23.9 Å². The summed E-state index contributed by atoms with van der Waals surface area (Å²) in [6, 6.07) is 7.56. The summed E-state index contributed by atoms with van der Waals surface area (Å²) in [6.07, 6.45) is 1.74. The number of fused-ring (bicyclic) bond motifs is 1. The van der Waals surface area contributed by atoms with Crippen LogP contribution in [0, 0.1) is 0 Å². The molecule has 3 aromatic rings. The van der Waals surface area contributed by atoms with Crippen LogP contribution >= 0.6 is 0 Å². The first-order valence-corrected chi connectivity index (χ1v) is 12.6. The summed E-state index contributed by atoms with van der Waals surface area (Å²) < 4.78 is 50.2. The molecule has 0 aliphatic carbocycles. The molecule has 186 valence electrons. The van der Waals surface area contributed by atoms with Crippen molar-refractivity contribution >= 4 is 32.5 Å². The summed E-state index contributed by atoms with van der Waals surface area (Å²) >= 11 is 0. The predicted octanol–water partition coefficient (Wildman–Crippen LogP) is 2.37. The molecule has 1 atom stereocenters. The van der Waals surface area contributed by atoms with Gasteiger partial charge in [-0.2, -0.15) is 0 Å². The van der Waals surface area contributed by atoms with Gasteiger partial charge in [-0.05, 0) is 36.8 Å². The van der Waals surface area contributed by atoms with Crippen LogP contribution in [0.3, 0.4) is 0 Å². The largest absolute Gasteiger partial charge is 0.493 e. The van der Waals surface area contributed by atoms with Crippen molar-refractivity contribution in [2.45, 2.75) is 12.5 Å². The summed E-state index contributed by atoms with van der Waals surface area (Å²) in [5.41, 5.74) is 1.06. The molecule has 1 aliphatic heterocycles. The van der Waals surface area contributed by atoms with Crippen LogP contribution in [0.25, 0.3) is 11.0 Å². The van der Waals surface area contributed by atoms with E-state index in [0.29, 0.717) is 51.5 Å². The van der Waals surface area contributed by atoms with Crippen molar-refractivity contribution in [3.8, 4) is 23.0 Å². The van der Waals surface area contributed by atoms with Gasteiger partial charge in [0.25, 0.3) is 5.91 Å². The molecule has 0 radical (unpaired) electrons. The van der Waals surface area contributed by atoms with Crippen LogP contribution in [0.2, 0.25) is 0 Å². The number of furan rings is 1. The van der Waals surface area contributed by atoms with Crippen molar-refractivity contribution in [2.24, 2.45) is 0 Å². The fraction of sp³-hybridized carbons (Fsp3) is 0.333. The van der Waals surface area contributed by atoms with Crippen molar-refractivity contribution in [1.29, 1.82) is 0 Å². The Hall–Kier alpha value is -3.73. The minimum atomic E-state index is -3.10. The van der Waals surface area contributed by atoms with Crippen LogP contribution < -0.4 is 24.3 Å². The molecule has 2 heterocycles. The number of nitrogens with one attached hydrogen (secondary N) is 1. The van der Waals surface area contributed by atoms with E-state index < -0.39 is 21.8 Å². The van der Waals surface area contributed by atoms with Crippen molar-refractivity contribution in [2.75, 3.05) is 39.4 Å². The van der Waals surface area contributed by atoms with Crippen LogP contribution in [0.4, 0.5) is 0 Å². The lowest BCUT2D eigenvalue weighted by atomic mass is 10.0. The number of amides is 1. The Labute approximate surface area is 202 Å². The molecule has 11 heteroatoms. The number of benzene rings is 2. The number of ketones is 1. The highest BCUT2D eigenvalue weighted by Gasteiger charge is 2.29. The highest BCUT2D eigenvalue weighted by molar-refractivity contribution is 7.91. The normalized spacial score (nSPS) is 16.6. The third-order valence-corrected chi connectivity index (χ3v) is 7.45. The highest BCUT2D eigenvalue weighted by atomic mass is 32.2. The average molecular weight is 504 g/mol. The van der Waals surface area contributed by atoms with Crippen molar-refractivity contribution in [1.82, 2.24) is 5.32 Å². The Morgan fingerprint density at radius 3 is 2.37 bits per heavy atom. The van der Waals surface area contributed by atoms with Gasteiger partial charge in [-0.3, -0.25) is 9.59 Å². The lowest BCUT2D eigenvalue weighted by Crippen LogP contribution is -2.38. The summed E-state index contributed by atoms with van der Waals surface area (Å²) in [5.74, 6) is 0.652. The van der Waals surface area contributed by atoms with E-state index in [0.717, 1.165) is 0 Å². The Morgan fingerprint density at radius 2 is 1.77 bits per heavy atom. The number of carbonyl (C=O) groups is 2. The van der Waals surface area contributed by atoms with Gasteiger partial charge in [0, 0.05) is 17.0 Å².